The van der Waals surface area contributed by atoms with E-state index in [1.165, 1.54) is 10.4 Å². The maximum atomic E-state index is 12.3. The average molecular weight is 277 g/mol. The molecular formula is C11H19NO3S2. The molecule has 0 amide bonds. The van der Waals surface area contributed by atoms with E-state index in [1.807, 2.05) is 20.8 Å². The minimum absolute atomic E-state index is 0.132. The van der Waals surface area contributed by atoms with Crippen LogP contribution in [-0.2, 0) is 16.6 Å². The normalized spacial score (nSPS) is 13.3. The van der Waals surface area contributed by atoms with Crippen LogP contribution in [0.1, 0.15) is 32.8 Å². The van der Waals surface area contributed by atoms with Crippen LogP contribution in [-0.4, -0.2) is 30.4 Å². The minimum Gasteiger partial charge on any atom is -0.392 e. The molecule has 0 unspecified atom stereocenters. The van der Waals surface area contributed by atoms with Gasteiger partial charge in [0.2, 0.25) is 0 Å². The Labute approximate surface area is 107 Å². The SMILES string of the molecule is CCC(C)(C)N(C)S(=O)(=O)c1cc(CO)cs1. The standard InChI is InChI=1S/C11H19NO3S2/c1-5-11(2,3)12(4)17(14,15)10-6-9(7-13)8-16-10/h6,8,13H,5,7H2,1-4H3. The lowest BCUT2D eigenvalue weighted by Gasteiger charge is -2.33. The zero-order valence-electron chi connectivity index (χ0n) is 10.6. The van der Waals surface area contributed by atoms with Crippen molar-refractivity contribution in [3.8, 4) is 0 Å². The number of hydrogen-bond acceptors (Lipinski definition) is 4. The third-order valence-electron chi connectivity index (χ3n) is 3.14. The Kier molecular flexibility index (Phi) is 4.35. The summed E-state index contributed by atoms with van der Waals surface area (Å²) in [6, 6.07) is 1.53. The zero-order valence-corrected chi connectivity index (χ0v) is 12.2. The van der Waals surface area contributed by atoms with Gasteiger partial charge in [-0.05, 0) is 37.3 Å². The molecule has 1 aromatic rings. The Hall–Kier alpha value is -0.430. The van der Waals surface area contributed by atoms with Crippen LogP contribution in [0.15, 0.2) is 15.7 Å². The predicted molar refractivity (Wildman–Crippen MR) is 69.6 cm³/mol. The van der Waals surface area contributed by atoms with Crippen molar-refractivity contribution < 1.29 is 13.5 Å². The number of thiophene rings is 1. The van der Waals surface area contributed by atoms with E-state index >= 15 is 0 Å². The third kappa shape index (κ3) is 2.88. The van der Waals surface area contributed by atoms with E-state index in [1.54, 1.807) is 12.4 Å². The van der Waals surface area contributed by atoms with Crippen molar-refractivity contribution in [1.82, 2.24) is 4.31 Å². The molecule has 98 valence electrons. The average Bonchev–Trinajstić information content (AvgIpc) is 2.77. The van der Waals surface area contributed by atoms with Gasteiger partial charge in [0.15, 0.2) is 0 Å². The number of sulfonamides is 1. The molecule has 0 aliphatic carbocycles. The van der Waals surface area contributed by atoms with Gasteiger partial charge in [-0.3, -0.25) is 0 Å². The summed E-state index contributed by atoms with van der Waals surface area (Å²) in [5.74, 6) is 0. The smallest absolute Gasteiger partial charge is 0.252 e. The van der Waals surface area contributed by atoms with Gasteiger partial charge in [0, 0.05) is 12.6 Å². The van der Waals surface area contributed by atoms with Gasteiger partial charge in [0.1, 0.15) is 4.21 Å². The van der Waals surface area contributed by atoms with E-state index in [0.29, 0.717) is 5.56 Å². The molecule has 17 heavy (non-hydrogen) atoms. The molecule has 0 saturated heterocycles. The molecule has 0 bridgehead atoms. The first kappa shape index (κ1) is 14.6. The maximum Gasteiger partial charge on any atom is 0.252 e. The lowest BCUT2D eigenvalue weighted by Crippen LogP contribution is -2.44. The third-order valence-corrected chi connectivity index (χ3v) is 6.68. The van der Waals surface area contributed by atoms with Gasteiger partial charge >= 0.3 is 0 Å². The number of aliphatic hydroxyl groups is 1. The van der Waals surface area contributed by atoms with Crippen LogP contribution >= 0.6 is 11.3 Å². The molecule has 0 aliphatic rings. The van der Waals surface area contributed by atoms with Gasteiger partial charge in [-0.25, -0.2) is 8.42 Å². The van der Waals surface area contributed by atoms with Crippen LogP contribution in [0.3, 0.4) is 0 Å². The Morgan fingerprint density at radius 1 is 1.47 bits per heavy atom. The number of rotatable bonds is 5. The second kappa shape index (κ2) is 5.06. The molecule has 1 heterocycles. The van der Waals surface area contributed by atoms with Gasteiger partial charge in [0.05, 0.1) is 6.61 Å². The summed E-state index contributed by atoms with van der Waals surface area (Å²) in [6.45, 7) is 5.61. The molecule has 4 nitrogen and oxygen atoms in total. The molecule has 0 aromatic carbocycles. The zero-order chi connectivity index (χ0) is 13.3. The molecule has 0 atom stereocenters. The minimum atomic E-state index is -3.46. The van der Waals surface area contributed by atoms with Crippen LogP contribution in [0.5, 0.6) is 0 Å². The first-order valence-electron chi connectivity index (χ1n) is 5.43. The van der Waals surface area contributed by atoms with Gasteiger partial charge in [-0.2, -0.15) is 4.31 Å². The highest BCUT2D eigenvalue weighted by Crippen LogP contribution is 2.29. The quantitative estimate of drug-likeness (QED) is 0.896. The van der Waals surface area contributed by atoms with Crippen LogP contribution < -0.4 is 0 Å². The molecule has 6 heteroatoms. The van der Waals surface area contributed by atoms with Crippen molar-refractivity contribution in [3.05, 3.63) is 17.0 Å². The molecule has 1 rings (SSSR count). The first-order chi connectivity index (χ1) is 7.75. The van der Waals surface area contributed by atoms with Crippen molar-refractivity contribution in [1.29, 1.82) is 0 Å². The lowest BCUT2D eigenvalue weighted by atomic mass is 10.0. The number of aliphatic hydroxyl groups excluding tert-OH is 1. The summed E-state index contributed by atoms with van der Waals surface area (Å²) in [5, 5.41) is 10.6. The molecular weight excluding hydrogens is 258 g/mol. The van der Waals surface area contributed by atoms with E-state index in [2.05, 4.69) is 0 Å². The van der Waals surface area contributed by atoms with Crippen LogP contribution in [0.2, 0.25) is 0 Å². The number of nitrogens with zero attached hydrogens (tertiary/aromatic N) is 1. The Bertz CT molecular complexity index is 477. The summed E-state index contributed by atoms with van der Waals surface area (Å²) in [6.07, 6.45) is 0.737. The fourth-order valence-corrected chi connectivity index (χ4v) is 4.20. The summed E-state index contributed by atoms with van der Waals surface area (Å²) in [5.41, 5.74) is 0.221. The van der Waals surface area contributed by atoms with E-state index in [4.69, 9.17) is 5.11 Å². The van der Waals surface area contributed by atoms with Crippen molar-refractivity contribution in [3.63, 3.8) is 0 Å². The lowest BCUT2D eigenvalue weighted by molar-refractivity contribution is 0.257. The molecule has 1 N–H and O–H groups in total. The van der Waals surface area contributed by atoms with E-state index in [-0.39, 0.29) is 10.8 Å². The van der Waals surface area contributed by atoms with E-state index in [9.17, 15) is 8.42 Å². The van der Waals surface area contributed by atoms with E-state index < -0.39 is 15.6 Å². The summed E-state index contributed by atoms with van der Waals surface area (Å²) >= 11 is 1.15. The molecule has 0 radical (unpaired) electrons. The van der Waals surface area contributed by atoms with Gasteiger partial charge < -0.3 is 5.11 Å². The van der Waals surface area contributed by atoms with Crippen LogP contribution in [0, 0.1) is 0 Å². The van der Waals surface area contributed by atoms with Gasteiger partial charge in [-0.1, -0.05) is 6.92 Å². The monoisotopic (exact) mass is 277 g/mol. The summed E-state index contributed by atoms with van der Waals surface area (Å²) in [4.78, 5) is 0. The number of hydrogen-bond donors (Lipinski definition) is 1. The highest BCUT2D eigenvalue weighted by atomic mass is 32.2. The molecule has 0 fully saturated rings. The van der Waals surface area contributed by atoms with Crippen LogP contribution in [0.4, 0.5) is 0 Å². The summed E-state index contributed by atoms with van der Waals surface area (Å²) in [7, 11) is -1.86. The van der Waals surface area contributed by atoms with Crippen molar-refractivity contribution in [2.24, 2.45) is 0 Å². The second-order valence-electron chi connectivity index (χ2n) is 4.57. The van der Waals surface area contributed by atoms with Gasteiger partial charge in [0.25, 0.3) is 10.0 Å². The van der Waals surface area contributed by atoms with E-state index in [0.717, 1.165) is 17.8 Å². The van der Waals surface area contributed by atoms with Crippen molar-refractivity contribution >= 4 is 21.4 Å². The largest absolute Gasteiger partial charge is 0.392 e. The topological polar surface area (TPSA) is 57.6 Å². The second-order valence-corrected chi connectivity index (χ2v) is 7.68. The van der Waals surface area contributed by atoms with Gasteiger partial charge in [-0.15, -0.1) is 11.3 Å². The fourth-order valence-electron chi connectivity index (χ4n) is 1.25. The van der Waals surface area contributed by atoms with Crippen molar-refractivity contribution in [2.45, 2.75) is 43.5 Å². The van der Waals surface area contributed by atoms with Crippen LogP contribution in [0.25, 0.3) is 0 Å². The highest BCUT2D eigenvalue weighted by Gasteiger charge is 2.33. The predicted octanol–water partition coefficient (Wildman–Crippen LogP) is 2.05. The maximum absolute atomic E-state index is 12.3. The summed E-state index contributed by atoms with van der Waals surface area (Å²) < 4.78 is 26.3. The molecule has 0 aliphatic heterocycles. The highest BCUT2D eigenvalue weighted by molar-refractivity contribution is 7.91. The molecule has 0 spiro atoms. The van der Waals surface area contributed by atoms with Crippen molar-refractivity contribution in [2.75, 3.05) is 7.05 Å². The Morgan fingerprint density at radius 2 is 2.06 bits per heavy atom. The Morgan fingerprint density at radius 3 is 2.47 bits per heavy atom. The fraction of sp³-hybridized carbons (Fsp3) is 0.636. The molecule has 1 aromatic heterocycles. The Balaban J connectivity index is 3.11. The molecule has 0 saturated carbocycles. The first-order valence-corrected chi connectivity index (χ1v) is 7.75.